The third-order valence-electron chi connectivity index (χ3n) is 12.3. The molecule has 14 nitrogen and oxygen atoms in total. The van der Waals surface area contributed by atoms with E-state index in [0.717, 1.165) is 0 Å². The van der Waals surface area contributed by atoms with E-state index in [-0.39, 0.29) is 37.2 Å². The van der Waals surface area contributed by atoms with Crippen LogP contribution in [0.2, 0.25) is 0 Å². The van der Waals surface area contributed by atoms with Gasteiger partial charge < -0.3 is 58.5 Å². The molecule has 3 heterocycles. The number of carbonyl (C=O) groups is 2. The first kappa shape index (κ1) is 45.1. The molecule has 0 unspecified atom stereocenters. The molecule has 304 valence electrons. The van der Waals surface area contributed by atoms with E-state index in [1.807, 2.05) is 32.8 Å². The third kappa shape index (κ3) is 9.38. The molecule has 0 aromatic rings. The lowest BCUT2D eigenvalue weighted by molar-refractivity contribution is -0.319. The van der Waals surface area contributed by atoms with Gasteiger partial charge in [0.25, 0.3) is 0 Å². The Morgan fingerprint density at radius 2 is 1.44 bits per heavy atom. The van der Waals surface area contributed by atoms with Crippen molar-refractivity contribution in [3.05, 3.63) is 0 Å². The van der Waals surface area contributed by atoms with Crippen LogP contribution in [0.15, 0.2) is 0 Å². The molecule has 0 amide bonds. The van der Waals surface area contributed by atoms with Crippen molar-refractivity contribution in [1.82, 2.24) is 4.90 Å². The van der Waals surface area contributed by atoms with Crippen molar-refractivity contribution in [2.45, 2.75) is 179 Å². The van der Waals surface area contributed by atoms with Crippen LogP contribution in [0.4, 0.5) is 0 Å². The van der Waals surface area contributed by atoms with Crippen molar-refractivity contribution in [3.63, 3.8) is 0 Å². The summed E-state index contributed by atoms with van der Waals surface area (Å²) in [6.45, 7) is 17.1. The van der Waals surface area contributed by atoms with Gasteiger partial charge in [-0.2, -0.15) is 0 Å². The smallest absolute Gasteiger partial charge is 0.311 e. The quantitative estimate of drug-likeness (QED) is 0.266. The predicted octanol–water partition coefficient (Wildman–Crippen LogP) is 2.44. The molecule has 3 saturated heterocycles. The normalized spacial score (nSPS) is 49.0. The second-order valence-electron chi connectivity index (χ2n) is 16.6. The maximum absolute atomic E-state index is 14.2. The number of Topliss-reactive ketones (excluding diaryl/α,β-unsaturated/α-hetero) is 1. The van der Waals surface area contributed by atoms with E-state index in [4.69, 9.17) is 33.2 Å². The molecule has 0 aromatic heterocycles. The lowest BCUT2D eigenvalue weighted by Gasteiger charge is -2.50. The van der Waals surface area contributed by atoms with Gasteiger partial charge in [0.15, 0.2) is 12.6 Å². The lowest BCUT2D eigenvalue weighted by Crippen LogP contribution is -2.61. The van der Waals surface area contributed by atoms with Crippen LogP contribution < -0.4 is 0 Å². The highest BCUT2D eigenvalue weighted by atomic mass is 16.7. The molecule has 3 rings (SSSR count). The molecule has 0 aliphatic carbocycles. The number of ketones is 1. The van der Waals surface area contributed by atoms with Crippen LogP contribution in [-0.4, -0.2) is 150 Å². The van der Waals surface area contributed by atoms with E-state index in [1.165, 1.54) is 21.1 Å². The number of nitrogens with zero attached hydrogens (tertiary/aromatic N) is 1. The van der Waals surface area contributed by atoms with Gasteiger partial charge in [-0.3, -0.25) is 9.59 Å². The molecule has 3 aliphatic heterocycles. The summed E-state index contributed by atoms with van der Waals surface area (Å²) in [5.41, 5.74) is -4.24. The highest BCUT2D eigenvalue weighted by molar-refractivity contribution is 5.83. The number of carbonyl (C=O) groups excluding carboxylic acids is 2. The largest absolute Gasteiger partial charge is 0.459 e. The molecule has 0 saturated carbocycles. The summed E-state index contributed by atoms with van der Waals surface area (Å²) in [5.74, 6) is -4.47. The number of rotatable bonds is 8. The topological polar surface area (TPSA) is 183 Å². The molecular formula is C38H69NO13. The maximum atomic E-state index is 14.2. The highest BCUT2D eigenvalue weighted by Gasteiger charge is 2.54. The van der Waals surface area contributed by atoms with Crippen LogP contribution in [0, 0.1) is 23.7 Å². The van der Waals surface area contributed by atoms with E-state index in [9.17, 15) is 30.0 Å². The monoisotopic (exact) mass is 747 g/mol. The minimum atomic E-state index is -1.96. The Hall–Kier alpha value is -1.30. The third-order valence-corrected chi connectivity index (χ3v) is 12.3. The number of esters is 1. The number of ether oxygens (including phenoxy) is 7. The molecular weight excluding hydrogens is 678 g/mol. The van der Waals surface area contributed by atoms with Crippen LogP contribution in [0.3, 0.4) is 0 Å². The van der Waals surface area contributed by atoms with E-state index in [0.29, 0.717) is 6.42 Å². The summed E-state index contributed by atoms with van der Waals surface area (Å²) in [5, 5.41) is 45.6. The van der Waals surface area contributed by atoms with Gasteiger partial charge in [-0.15, -0.1) is 0 Å². The fourth-order valence-corrected chi connectivity index (χ4v) is 8.58. The summed E-state index contributed by atoms with van der Waals surface area (Å²) >= 11 is 0. The van der Waals surface area contributed by atoms with E-state index in [1.54, 1.807) is 48.5 Å². The molecule has 3 fully saturated rings. The lowest BCUT2D eigenvalue weighted by atomic mass is 9.74. The van der Waals surface area contributed by atoms with Gasteiger partial charge in [0, 0.05) is 44.4 Å². The zero-order chi connectivity index (χ0) is 39.7. The Labute approximate surface area is 310 Å². The molecule has 18 atom stereocenters. The van der Waals surface area contributed by atoms with Crippen LogP contribution >= 0.6 is 0 Å². The van der Waals surface area contributed by atoms with Gasteiger partial charge in [-0.05, 0) is 74.9 Å². The van der Waals surface area contributed by atoms with Crippen LogP contribution in [0.25, 0.3) is 0 Å². The highest BCUT2D eigenvalue weighted by Crippen LogP contribution is 2.41. The van der Waals surface area contributed by atoms with Gasteiger partial charge in [0.1, 0.15) is 29.7 Å². The number of hydrogen-bond donors (Lipinski definition) is 4. The summed E-state index contributed by atoms with van der Waals surface area (Å²) in [6, 6.07) is -0.283. The molecule has 0 radical (unpaired) electrons. The summed E-state index contributed by atoms with van der Waals surface area (Å²) < 4.78 is 43.9. The molecule has 0 bridgehead atoms. The molecule has 4 N–H and O–H groups in total. The maximum Gasteiger partial charge on any atom is 0.311 e. The average Bonchev–Trinajstić information content (AvgIpc) is 3.09. The standard InChI is InChI=1S/C38H69NO13/c1-15-26-38(10,45)31(42)21(4)28(40)19(2)17-37(9,47-14)33(52-35-29(41)25(39(11)12)16-20(3)48-35)22(5)30(23(6)34(44)50-26)51-27-18-36(8,46-13)32(43)24(7)49-27/h19-27,29-33,35,41-43,45H,15-18H2,1-14H3/t19-,20-,21-,22-,23-,24+,25+,26+,27+,29-,30-,31+,32+,33-,35+,36-,37+,38+/m1/s1. The van der Waals surface area contributed by atoms with Crippen molar-refractivity contribution >= 4 is 11.8 Å². The van der Waals surface area contributed by atoms with Gasteiger partial charge in [-0.1, -0.05) is 27.7 Å². The van der Waals surface area contributed by atoms with E-state index < -0.39 is 102 Å². The number of aliphatic hydroxyl groups is 4. The zero-order valence-corrected chi connectivity index (χ0v) is 33.9. The SMILES string of the molecule is CC[C@@H]1OC(=O)[C@H](C)[C@H](O[C@H]2C[C@@](C)(OC)[C@@H](O)[C@H](C)O2)[C@@H](C)[C@@H](O[C@@H]2O[C@H](C)C[C@H](N(C)C)[C@H]2O)[C@@](C)(OC)C[C@@H](C)C(=O)[C@@H](C)[C@H](O)[C@@]1(C)O. The number of hydrogen-bond acceptors (Lipinski definition) is 14. The predicted molar refractivity (Wildman–Crippen MR) is 191 cm³/mol. The summed E-state index contributed by atoms with van der Waals surface area (Å²) in [7, 11) is 6.77. The molecule has 52 heavy (non-hydrogen) atoms. The Kier molecular flexibility index (Phi) is 15.3. The zero-order valence-electron chi connectivity index (χ0n) is 33.9. The fraction of sp³-hybridized carbons (Fsp3) is 0.947. The minimum absolute atomic E-state index is 0.111. The van der Waals surface area contributed by atoms with Gasteiger partial charge in [0.05, 0.1) is 47.6 Å². The van der Waals surface area contributed by atoms with Crippen molar-refractivity contribution < 1.29 is 63.2 Å². The van der Waals surface area contributed by atoms with E-state index >= 15 is 0 Å². The van der Waals surface area contributed by atoms with Crippen LogP contribution in [0.1, 0.15) is 94.9 Å². The van der Waals surface area contributed by atoms with Crippen molar-refractivity contribution in [3.8, 4) is 0 Å². The molecule has 14 heteroatoms. The average molecular weight is 748 g/mol. The Morgan fingerprint density at radius 1 is 0.846 bits per heavy atom. The van der Waals surface area contributed by atoms with Crippen LogP contribution in [-0.2, 0) is 42.7 Å². The number of cyclic esters (lactones) is 1. The van der Waals surface area contributed by atoms with Gasteiger partial charge in [-0.25, -0.2) is 0 Å². The molecule has 0 spiro atoms. The Bertz CT molecular complexity index is 1190. The Balaban J connectivity index is 2.22. The first-order valence-corrected chi connectivity index (χ1v) is 18.9. The van der Waals surface area contributed by atoms with E-state index in [2.05, 4.69) is 0 Å². The van der Waals surface area contributed by atoms with Gasteiger partial charge >= 0.3 is 5.97 Å². The van der Waals surface area contributed by atoms with Crippen LogP contribution in [0.5, 0.6) is 0 Å². The number of likely N-dealkylation sites (N-methyl/N-ethyl adjacent to an activating group) is 1. The number of methoxy groups -OCH3 is 2. The summed E-state index contributed by atoms with van der Waals surface area (Å²) in [4.78, 5) is 30.1. The second kappa shape index (κ2) is 17.7. The first-order chi connectivity index (χ1) is 24.0. The molecule has 3 aliphatic rings. The van der Waals surface area contributed by atoms with Crippen molar-refractivity contribution in [2.24, 2.45) is 23.7 Å². The van der Waals surface area contributed by atoms with Crippen molar-refractivity contribution in [1.29, 1.82) is 0 Å². The second-order valence-corrected chi connectivity index (χ2v) is 16.6. The fourth-order valence-electron chi connectivity index (χ4n) is 8.58. The van der Waals surface area contributed by atoms with Gasteiger partial charge in [0.2, 0.25) is 0 Å². The summed E-state index contributed by atoms with van der Waals surface area (Å²) in [6.07, 6.45) is -8.73. The minimum Gasteiger partial charge on any atom is -0.459 e. The number of aliphatic hydroxyl groups excluding tert-OH is 3. The first-order valence-electron chi connectivity index (χ1n) is 18.9. The molecule has 0 aromatic carbocycles. The van der Waals surface area contributed by atoms with Crippen molar-refractivity contribution in [2.75, 3.05) is 28.3 Å². The Morgan fingerprint density at radius 3 is 1.98 bits per heavy atom.